The highest BCUT2D eigenvalue weighted by atomic mass is 16.5. The molecule has 2 aliphatic rings. The molecule has 0 spiro atoms. The van der Waals surface area contributed by atoms with E-state index in [1.54, 1.807) is 0 Å². The van der Waals surface area contributed by atoms with Crippen LogP contribution in [0.5, 0.6) is 5.75 Å². The molecule has 2 fully saturated rings. The number of hydrogen-bond acceptors (Lipinski definition) is 3. The number of hydrogen-bond donors (Lipinski definition) is 0. The Morgan fingerprint density at radius 1 is 1.32 bits per heavy atom. The van der Waals surface area contributed by atoms with Crippen LogP contribution in [0.2, 0.25) is 0 Å². The van der Waals surface area contributed by atoms with Gasteiger partial charge in [0.15, 0.2) is 0 Å². The molecule has 1 aromatic rings. The standard InChI is InChI=1S/C16H20O3/c1-11-4-7-14(13-3-2-8-18-10-13)15(9-11)19-16(17)12-5-6-12/h4,7,9,12-13H,2-3,5-6,8,10H2,1H3. The van der Waals surface area contributed by atoms with Gasteiger partial charge in [-0.25, -0.2) is 0 Å². The van der Waals surface area contributed by atoms with E-state index in [9.17, 15) is 4.79 Å². The van der Waals surface area contributed by atoms with E-state index in [1.165, 1.54) is 0 Å². The second kappa shape index (κ2) is 5.33. The number of aryl methyl sites for hydroxylation is 1. The van der Waals surface area contributed by atoms with Crippen molar-refractivity contribution in [2.45, 2.75) is 38.5 Å². The Labute approximate surface area is 113 Å². The van der Waals surface area contributed by atoms with E-state index in [4.69, 9.17) is 9.47 Å². The zero-order valence-corrected chi connectivity index (χ0v) is 11.4. The highest BCUT2D eigenvalue weighted by Crippen LogP contribution is 2.36. The van der Waals surface area contributed by atoms with Crippen LogP contribution in [0, 0.1) is 12.8 Å². The molecule has 3 heteroatoms. The zero-order chi connectivity index (χ0) is 13.2. The summed E-state index contributed by atoms with van der Waals surface area (Å²) in [5, 5.41) is 0. The zero-order valence-electron chi connectivity index (χ0n) is 11.4. The van der Waals surface area contributed by atoms with Crippen LogP contribution in [-0.4, -0.2) is 19.2 Å². The summed E-state index contributed by atoms with van der Waals surface area (Å²) < 4.78 is 11.2. The first-order valence-electron chi connectivity index (χ1n) is 7.14. The van der Waals surface area contributed by atoms with Crippen LogP contribution in [0.15, 0.2) is 18.2 Å². The second-order valence-electron chi connectivity index (χ2n) is 5.65. The molecule has 0 N–H and O–H groups in total. The van der Waals surface area contributed by atoms with E-state index in [0.717, 1.165) is 55.8 Å². The first-order chi connectivity index (χ1) is 9.24. The Morgan fingerprint density at radius 3 is 2.84 bits per heavy atom. The molecule has 1 atom stereocenters. The number of ether oxygens (including phenoxy) is 2. The van der Waals surface area contributed by atoms with Gasteiger partial charge in [-0.3, -0.25) is 4.79 Å². The third-order valence-corrected chi connectivity index (χ3v) is 3.89. The summed E-state index contributed by atoms with van der Waals surface area (Å²) >= 11 is 0. The minimum Gasteiger partial charge on any atom is -0.426 e. The van der Waals surface area contributed by atoms with Crippen molar-refractivity contribution >= 4 is 5.97 Å². The van der Waals surface area contributed by atoms with Gasteiger partial charge in [0, 0.05) is 18.1 Å². The summed E-state index contributed by atoms with van der Waals surface area (Å²) in [6.45, 7) is 3.60. The molecule has 1 unspecified atom stereocenters. The largest absolute Gasteiger partial charge is 0.426 e. The number of benzene rings is 1. The van der Waals surface area contributed by atoms with Gasteiger partial charge in [-0.2, -0.15) is 0 Å². The van der Waals surface area contributed by atoms with Crippen molar-refractivity contribution in [1.29, 1.82) is 0 Å². The number of esters is 1. The fraction of sp³-hybridized carbons (Fsp3) is 0.562. The molecule has 102 valence electrons. The maximum absolute atomic E-state index is 11.9. The highest BCUT2D eigenvalue weighted by Gasteiger charge is 2.32. The van der Waals surface area contributed by atoms with Gasteiger partial charge in [0.2, 0.25) is 0 Å². The molecule has 1 aliphatic carbocycles. The van der Waals surface area contributed by atoms with Gasteiger partial charge in [0.1, 0.15) is 5.75 Å². The molecule has 0 aromatic heterocycles. The summed E-state index contributed by atoms with van der Waals surface area (Å²) in [4.78, 5) is 11.9. The van der Waals surface area contributed by atoms with Crippen LogP contribution in [0.3, 0.4) is 0 Å². The van der Waals surface area contributed by atoms with Gasteiger partial charge in [0.05, 0.1) is 12.5 Å². The lowest BCUT2D eigenvalue weighted by molar-refractivity contribution is -0.135. The van der Waals surface area contributed by atoms with Crippen LogP contribution in [0.25, 0.3) is 0 Å². The average Bonchev–Trinajstić information content (AvgIpc) is 3.24. The molecule has 0 bridgehead atoms. The minimum absolute atomic E-state index is 0.0661. The van der Waals surface area contributed by atoms with E-state index >= 15 is 0 Å². The molecule has 0 radical (unpaired) electrons. The molecule has 0 amide bonds. The van der Waals surface area contributed by atoms with Crippen molar-refractivity contribution in [2.75, 3.05) is 13.2 Å². The van der Waals surface area contributed by atoms with E-state index < -0.39 is 0 Å². The lowest BCUT2D eigenvalue weighted by Crippen LogP contribution is -2.18. The van der Waals surface area contributed by atoms with Crippen LogP contribution >= 0.6 is 0 Å². The Bertz CT molecular complexity index is 471. The molecular weight excluding hydrogens is 240 g/mol. The quantitative estimate of drug-likeness (QED) is 0.618. The monoisotopic (exact) mass is 260 g/mol. The maximum atomic E-state index is 11.9. The van der Waals surface area contributed by atoms with E-state index in [-0.39, 0.29) is 11.9 Å². The van der Waals surface area contributed by atoms with Crippen molar-refractivity contribution < 1.29 is 14.3 Å². The second-order valence-corrected chi connectivity index (χ2v) is 5.65. The molecule has 1 aliphatic heterocycles. The number of carbonyl (C=O) groups is 1. The van der Waals surface area contributed by atoms with Gasteiger partial charge >= 0.3 is 5.97 Å². The van der Waals surface area contributed by atoms with Crippen molar-refractivity contribution in [3.8, 4) is 5.75 Å². The van der Waals surface area contributed by atoms with Crippen molar-refractivity contribution in [3.63, 3.8) is 0 Å². The maximum Gasteiger partial charge on any atom is 0.314 e. The molecule has 1 saturated heterocycles. The summed E-state index contributed by atoms with van der Waals surface area (Å²) in [5.41, 5.74) is 2.25. The first kappa shape index (κ1) is 12.7. The number of rotatable bonds is 3. The van der Waals surface area contributed by atoms with E-state index in [0.29, 0.717) is 5.92 Å². The molecule has 19 heavy (non-hydrogen) atoms. The van der Waals surface area contributed by atoms with Gasteiger partial charge in [0.25, 0.3) is 0 Å². The highest BCUT2D eigenvalue weighted by molar-refractivity contribution is 5.77. The predicted molar refractivity (Wildman–Crippen MR) is 72.3 cm³/mol. The van der Waals surface area contributed by atoms with Gasteiger partial charge in [-0.15, -0.1) is 0 Å². The number of carbonyl (C=O) groups excluding carboxylic acids is 1. The topological polar surface area (TPSA) is 35.5 Å². The molecule has 1 heterocycles. The van der Waals surface area contributed by atoms with Gasteiger partial charge < -0.3 is 9.47 Å². The van der Waals surface area contributed by atoms with Crippen LogP contribution in [0.1, 0.15) is 42.7 Å². The first-order valence-corrected chi connectivity index (χ1v) is 7.14. The molecule has 3 rings (SSSR count). The SMILES string of the molecule is Cc1ccc(C2CCCOC2)c(OC(=O)C2CC2)c1. The fourth-order valence-corrected chi connectivity index (χ4v) is 2.56. The summed E-state index contributed by atoms with van der Waals surface area (Å²) in [6.07, 6.45) is 4.14. The lowest BCUT2D eigenvalue weighted by atomic mass is 9.92. The van der Waals surface area contributed by atoms with Crippen molar-refractivity contribution in [1.82, 2.24) is 0 Å². The summed E-state index contributed by atoms with van der Waals surface area (Å²) in [5.74, 6) is 1.17. The van der Waals surface area contributed by atoms with Crippen LogP contribution in [0.4, 0.5) is 0 Å². The Balaban J connectivity index is 1.82. The lowest BCUT2D eigenvalue weighted by Gasteiger charge is -2.24. The third-order valence-electron chi connectivity index (χ3n) is 3.89. The van der Waals surface area contributed by atoms with Crippen LogP contribution < -0.4 is 4.74 Å². The molecule has 3 nitrogen and oxygen atoms in total. The Kier molecular flexibility index (Phi) is 3.56. The summed E-state index contributed by atoms with van der Waals surface area (Å²) in [6, 6.07) is 6.15. The smallest absolute Gasteiger partial charge is 0.314 e. The van der Waals surface area contributed by atoms with E-state index in [1.807, 2.05) is 13.0 Å². The minimum atomic E-state index is -0.0661. The third kappa shape index (κ3) is 2.98. The predicted octanol–water partition coefficient (Wildman–Crippen LogP) is 3.20. The van der Waals surface area contributed by atoms with Crippen LogP contribution in [-0.2, 0) is 9.53 Å². The normalized spacial score (nSPS) is 23.1. The van der Waals surface area contributed by atoms with E-state index in [2.05, 4.69) is 12.1 Å². The van der Waals surface area contributed by atoms with Crippen molar-refractivity contribution in [2.24, 2.45) is 5.92 Å². The van der Waals surface area contributed by atoms with Gasteiger partial charge in [-0.05, 0) is 44.2 Å². The van der Waals surface area contributed by atoms with Gasteiger partial charge in [-0.1, -0.05) is 12.1 Å². The van der Waals surface area contributed by atoms with Crippen molar-refractivity contribution in [3.05, 3.63) is 29.3 Å². The molecular formula is C16H20O3. The molecule has 1 saturated carbocycles. The fourth-order valence-electron chi connectivity index (χ4n) is 2.56. The Hall–Kier alpha value is -1.35. The Morgan fingerprint density at radius 2 is 2.16 bits per heavy atom. The molecule has 1 aromatic carbocycles. The summed E-state index contributed by atoms with van der Waals surface area (Å²) in [7, 11) is 0. The average molecular weight is 260 g/mol.